The van der Waals surface area contributed by atoms with Crippen molar-refractivity contribution in [2.45, 2.75) is 12.6 Å². The molecule has 0 aliphatic heterocycles. The molecule has 1 amide bonds. The number of hydrogen-bond donors (Lipinski definition) is 1. The van der Waals surface area contributed by atoms with Crippen LogP contribution in [0.1, 0.15) is 27.5 Å². The lowest BCUT2D eigenvalue weighted by atomic mass is 10.0. The maximum atomic E-state index is 13.4. The number of carbonyl (C=O) groups excluding carboxylic acids is 1. The lowest BCUT2D eigenvalue weighted by Gasteiger charge is -2.25. The van der Waals surface area contributed by atoms with Gasteiger partial charge in [-0.3, -0.25) is 9.48 Å². The van der Waals surface area contributed by atoms with Crippen LogP contribution in [-0.4, -0.2) is 48.3 Å². The van der Waals surface area contributed by atoms with E-state index in [1.807, 2.05) is 97.8 Å². The molecule has 1 atom stereocenters. The van der Waals surface area contributed by atoms with E-state index in [4.69, 9.17) is 9.84 Å². The highest BCUT2D eigenvalue weighted by Gasteiger charge is 2.21. The summed E-state index contributed by atoms with van der Waals surface area (Å²) < 4.78 is 7.11. The van der Waals surface area contributed by atoms with Gasteiger partial charge in [-0.15, -0.1) is 0 Å². The number of hydrogen-bond acceptors (Lipinski definition) is 4. The Labute approximate surface area is 200 Å². The van der Waals surface area contributed by atoms with Crippen LogP contribution in [-0.2, 0) is 6.54 Å². The molecule has 0 radical (unpaired) electrons. The maximum absolute atomic E-state index is 13.4. The zero-order valence-electron chi connectivity index (χ0n) is 19.8. The standard InChI is InChI=1S/C28H30N4O2/c1-31(2)26(22-14-16-24(34-3)17-15-22)18-29-28(33)25-20-32(19-21-10-6-4-7-11-21)30-27(25)23-12-8-5-9-13-23/h4-17,20,26H,18-19H2,1-3H3,(H,29,33). The van der Waals surface area contributed by atoms with E-state index in [1.165, 1.54) is 0 Å². The van der Waals surface area contributed by atoms with Gasteiger partial charge in [0.2, 0.25) is 0 Å². The number of aromatic nitrogens is 2. The molecule has 1 N–H and O–H groups in total. The first-order chi connectivity index (χ1) is 16.5. The SMILES string of the molecule is COc1ccc(C(CNC(=O)c2cn(Cc3ccccc3)nc2-c2ccccc2)N(C)C)cc1. The predicted molar refractivity (Wildman–Crippen MR) is 135 cm³/mol. The number of carbonyl (C=O) groups is 1. The summed E-state index contributed by atoms with van der Waals surface area (Å²) in [6.07, 6.45) is 1.84. The van der Waals surface area contributed by atoms with E-state index < -0.39 is 0 Å². The molecule has 6 nitrogen and oxygen atoms in total. The monoisotopic (exact) mass is 454 g/mol. The van der Waals surface area contributed by atoms with Gasteiger partial charge >= 0.3 is 0 Å². The first kappa shape index (κ1) is 23.3. The highest BCUT2D eigenvalue weighted by molar-refractivity contribution is 5.99. The fraction of sp³-hybridized carbons (Fsp3) is 0.214. The highest BCUT2D eigenvalue weighted by atomic mass is 16.5. The number of likely N-dealkylation sites (N-methyl/N-ethyl adjacent to an activating group) is 1. The molecule has 4 rings (SSSR count). The molecule has 0 aliphatic carbocycles. The van der Waals surface area contributed by atoms with E-state index in [0.29, 0.717) is 24.3 Å². The number of rotatable bonds is 9. The van der Waals surface area contributed by atoms with Crippen molar-refractivity contribution in [1.29, 1.82) is 0 Å². The van der Waals surface area contributed by atoms with Crippen LogP contribution in [0.2, 0.25) is 0 Å². The van der Waals surface area contributed by atoms with E-state index in [-0.39, 0.29) is 11.9 Å². The van der Waals surface area contributed by atoms with Crippen LogP contribution in [0.3, 0.4) is 0 Å². The predicted octanol–water partition coefficient (Wildman–Crippen LogP) is 4.64. The molecule has 1 unspecified atom stereocenters. The summed E-state index contributed by atoms with van der Waals surface area (Å²) in [7, 11) is 5.67. The van der Waals surface area contributed by atoms with Gasteiger partial charge in [-0.2, -0.15) is 5.10 Å². The topological polar surface area (TPSA) is 59.4 Å². The van der Waals surface area contributed by atoms with Crippen molar-refractivity contribution >= 4 is 5.91 Å². The van der Waals surface area contributed by atoms with Crippen LogP contribution in [0.15, 0.2) is 91.1 Å². The summed E-state index contributed by atoms with van der Waals surface area (Å²) in [6.45, 7) is 1.07. The van der Waals surface area contributed by atoms with Crippen molar-refractivity contribution in [3.8, 4) is 17.0 Å². The molecule has 0 saturated carbocycles. The molecule has 0 spiro atoms. The third-order valence-corrected chi connectivity index (χ3v) is 5.82. The summed E-state index contributed by atoms with van der Waals surface area (Å²) in [5, 5.41) is 7.90. The minimum Gasteiger partial charge on any atom is -0.497 e. The summed E-state index contributed by atoms with van der Waals surface area (Å²) in [5.74, 6) is 0.669. The molecule has 0 saturated heterocycles. The van der Waals surface area contributed by atoms with Gasteiger partial charge in [0.05, 0.1) is 25.3 Å². The lowest BCUT2D eigenvalue weighted by molar-refractivity contribution is 0.0942. The Morgan fingerprint density at radius 2 is 1.62 bits per heavy atom. The van der Waals surface area contributed by atoms with Gasteiger partial charge < -0.3 is 15.0 Å². The Morgan fingerprint density at radius 1 is 0.971 bits per heavy atom. The Morgan fingerprint density at radius 3 is 2.24 bits per heavy atom. The van der Waals surface area contributed by atoms with Crippen LogP contribution in [0.5, 0.6) is 5.75 Å². The van der Waals surface area contributed by atoms with Gasteiger partial charge in [0.15, 0.2) is 0 Å². The third kappa shape index (κ3) is 5.53. The van der Waals surface area contributed by atoms with Gasteiger partial charge in [0.1, 0.15) is 11.4 Å². The number of nitrogens with one attached hydrogen (secondary N) is 1. The lowest BCUT2D eigenvalue weighted by Crippen LogP contribution is -2.34. The van der Waals surface area contributed by atoms with Crippen LogP contribution in [0, 0.1) is 0 Å². The molecule has 0 fully saturated rings. The van der Waals surface area contributed by atoms with E-state index in [9.17, 15) is 4.79 Å². The second-order valence-electron chi connectivity index (χ2n) is 8.40. The largest absolute Gasteiger partial charge is 0.497 e. The molecule has 1 aromatic heterocycles. The van der Waals surface area contributed by atoms with E-state index in [2.05, 4.69) is 22.3 Å². The molecule has 1 heterocycles. The van der Waals surface area contributed by atoms with E-state index in [1.54, 1.807) is 7.11 Å². The number of methoxy groups -OCH3 is 1. The van der Waals surface area contributed by atoms with Gasteiger partial charge in [0, 0.05) is 18.3 Å². The fourth-order valence-corrected chi connectivity index (χ4v) is 3.96. The Balaban J connectivity index is 1.57. The zero-order chi connectivity index (χ0) is 23.9. The van der Waals surface area contributed by atoms with Crippen molar-refractivity contribution in [2.24, 2.45) is 0 Å². The second kappa shape index (κ2) is 10.8. The molecule has 174 valence electrons. The Hall–Kier alpha value is -3.90. The summed E-state index contributed by atoms with van der Waals surface area (Å²) >= 11 is 0. The first-order valence-corrected chi connectivity index (χ1v) is 11.3. The van der Waals surface area contributed by atoms with Crippen molar-refractivity contribution < 1.29 is 9.53 Å². The molecule has 34 heavy (non-hydrogen) atoms. The van der Waals surface area contributed by atoms with Crippen molar-refractivity contribution in [1.82, 2.24) is 20.0 Å². The van der Waals surface area contributed by atoms with Crippen molar-refractivity contribution in [2.75, 3.05) is 27.7 Å². The second-order valence-corrected chi connectivity index (χ2v) is 8.40. The number of amides is 1. The molecule has 0 bridgehead atoms. The van der Waals surface area contributed by atoms with Crippen LogP contribution >= 0.6 is 0 Å². The van der Waals surface area contributed by atoms with Gasteiger partial charge in [-0.25, -0.2) is 0 Å². The fourth-order valence-electron chi connectivity index (χ4n) is 3.96. The van der Waals surface area contributed by atoms with Crippen molar-refractivity contribution in [3.05, 3.63) is 108 Å². The summed E-state index contributed by atoms with van der Waals surface area (Å²) in [6, 6.07) is 27.9. The average molecular weight is 455 g/mol. The number of ether oxygens (including phenoxy) is 1. The Bertz CT molecular complexity index is 1200. The van der Waals surface area contributed by atoms with Crippen LogP contribution in [0.4, 0.5) is 0 Å². The summed E-state index contributed by atoms with van der Waals surface area (Å²) in [4.78, 5) is 15.5. The zero-order valence-corrected chi connectivity index (χ0v) is 19.8. The number of benzene rings is 3. The van der Waals surface area contributed by atoms with E-state index >= 15 is 0 Å². The minimum atomic E-state index is -0.140. The molecule has 0 aliphatic rings. The summed E-state index contributed by atoms with van der Waals surface area (Å²) in [5.41, 5.74) is 4.39. The van der Waals surface area contributed by atoms with Gasteiger partial charge in [-0.05, 0) is 37.4 Å². The minimum absolute atomic E-state index is 0.0226. The molecular weight excluding hydrogens is 424 g/mol. The van der Waals surface area contributed by atoms with Crippen LogP contribution < -0.4 is 10.1 Å². The smallest absolute Gasteiger partial charge is 0.255 e. The molecule has 3 aromatic carbocycles. The Kier molecular flexibility index (Phi) is 7.40. The number of nitrogens with zero attached hydrogens (tertiary/aromatic N) is 3. The molecular formula is C28H30N4O2. The molecule has 6 heteroatoms. The third-order valence-electron chi connectivity index (χ3n) is 5.82. The van der Waals surface area contributed by atoms with E-state index in [0.717, 1.165) is 22.4 Å². The van der Waals surface area contributed by atoms with Crippen molar-refractivity contribution in [3.63, 3.8) is 0 Å². The maximum Gasteiger partial charge on any atom is 0.255 e. The quantitative estimate of drug-likeness (QED) is 0.400. The first-order valence-electron chi connectivity index (χ1n) is 11.3. The normalized spacial score (nSPS) is 11.9. The molecule has 4 aromatic rings. The van der Waals surface area contributed by atoms with Gasteiger partial charge in [-0.1, -0.05) is 72.8 Å². The average Bonchev–Trinajstić information content (AvgIpc) is 3.29. The van der Waals surface area contributed by atoms with Gasteiger partial charge in [0.25, 0.3) is 5.91 Å². The van der Waals surface area contributed by atoms with Crippen LogP contribution in [0.25, 0.3) is 11.3 Å². The highest BCUT2D eigenvalue weighted by Crippen LogP contribution is 2.24.